The van der Waals surface area contributed by atoms with Gasteiger partial charge in [0.25, 0.3) is 0 Å². The predicted molar refractivity (Wildman–Crippen MR) is 86.8 cm³/mol. The van der Waals surface area contributed by atoms with E-state index in [0.717, 1.165) is 36.6 Å². The van der Waals surface area contributed by atoms with Crippen molar-refractivity contribution in [3.63, 3.8) is 0 Å². The van der Waals surface area contributed by atoms with Crippen LogP contribution < -0.4 is 20.1 Å². The average molecular weight is 327 g/mol. The summed E-state index contributed by atoms with van der Waals surface area (Å²) >= 11 is 0. The second kappa shape index (κ2) is 7.70. The van der Waals surface area contributed by atoms with E-state index in [4.69, 9.17) is 9.47 Å². The molecular formula is C16H23ClN2O3. The highest BCUT2D eigenvalue weighted by Gasteiger charge is 2.20. The molecule has 2 heterocycles. The van der Waals surface area contributed by atoms with Crippen LogP contribution in [0.25, 0.3) is 0 Å². The van der Waals surface area contributed by atoms with E-state index in [1.807, 2.05) is 25.1 Å². The van der Waals surface area contributed by atoms with Crippen molar-refractivity contribution < 1.29 is 14.3 Å². The Bertz CT molecular complexity index is 518. The zero-order valence-corrected chi connectivity index (χ0v) is 13.6. The lowest BCUT2D eigenvalue weighted by Crippen LogP contribution is -2.29. The number of halogens is 1. The molecule has 1 saturated heterocycles. The van der Waals surface area contributed by atoms with Crippen LogP contribution >= 0.6 is 12.4 Å². The number of ether oxygens (including phenoxy) is 2. The topological polar surface area (TPSA) is 59.6 Å². The van der Waals surface area contributed by atoms with Crippen molar-refractivity contribution in [3.8, 4) is 11.5 Å². The standard InChI is InChI=1S/C16H22N2O3.ClH/c1-11(18-16(19)8-12-4-5-17-10-12)13-2-3-14-15(9-13)21-7-6-20-14;/h2-3,9,11-12,17H,4-8,10H2,1H3,(H,18,19);1H. The van der Waals surface area contributed by atoms with Gasteiger partial charge < -0.3 is 20.1 Å². The molecule has 1 aromatic rings. The first-order valence-corrected chi connectivity index (χ1v) is 7.62. The van der Waals surface area contributed by atoms with Crippen molar-refractivity contribution in [1.82, 2.24) is 10.6 Å². The van der Waals surface area contributed by atoms with Gasteiger partial charge in [-0.25, -0.2) is 0 Å². The molecule has 0 saturated carbocycles. The summed E-state index contributed by atoms with van der Waals surface area (Å²) in [5.74, 6) is 2.13. The SMILES string of the molecule is CC(NC(=O)CC1CCNC1)c1ccc2c(c1)OCCO2.Cl. The molecule has 0 aliphatic carbocycles. The third-order valence-electron chi connectivity index (χ3n) is 4.08. The number of hydrogen-bond donors (Lipinski definition) is 2. The summed E-state index contributed by atoms with van der Waals surface area (Å²) < 4.78 is 11.1. The van der Waals surface area contributed by atoms with Crippen molar-refractivity contribution in [2.75, 3.05) is 26.3 Å². The zero-order valence-electron chi connectivity index (χ0n) is 12.8. The first-order valence-electron chi connectivity index (χ1n) is 7.62. The summed E-state index contributed by atoms with van der Waals surface area (Å²) in [4.78, 5) is 12.1. The highest BCUT2D eigenvalue weighted by atomic mass is 35.5. The second-order valence-electron chi connectivity index (χ2n) is 5.76. The molecule has 22 heavy (non-hydrogen) atoms. The van der Waals surface area contributed by atoms with Crippen molar-refractivity contribution in [1.29, 1.82) is 0 Å². The van der Waals surface area contributed by atoms with Crippen LogP contribution in [0.5, 0.6) is 11.5 Å². The first kappa shape index (κ1) is 16.9. The minimum atomic E-state index is -0.0253. The molecule has 1 aromatic carbocycles. The summed E-state index contributed by atoms with van der Waals surface area (Å²) in [6.07, 6.45) is 1.69. The summed E-state index contributed by atoms with van der Waals surface area (Å²) in [7, 11) is 0. The van der Waals surface area contributed by atoms with Crippen molar-refractivity contribution in [2.24, 2.45) is 5.92 Å². The van der Waals surface area contributed by atoms with Crippen LogP contribution in [0.1, 0.15) is 31.4 Å². The van der Waals surface area contributed by atoms with Gasteiger partial charge in [-0.2, -0.15) is 0 Å². The molecule has 2 atom stereocenters. The Morgan fingerprint density at radius 1 is 1.36 bits per heavy atom. The van der Waals surface area contributed by atoms with Crippen molar-refractivity contribution in [2.45, 2.75) is 25.8 Å². The number of hydrogen-bond acceptors (Lipinski definition) is 4. The van der Waals surface area contributed by atoms with E-state index in [1.165, 1.54) is 0 Å². The maximum Gasteiger partial charge on any atom is 0.220 e. The maximum atomic E-state index is 12.1. The second-order valence-corrected chi connectivity index (χ2v) is 5.76. The number of carbonyl (C=O) groups excluding carboxylic acids is 1. The fourth-order valence-electron chi connectivity index (χ4n) is 2.86. The van der Waals surface area contributed by atoms with Gasteiger partial charge in [-0.05, 0) is 50.0 Å². The smallest absolute Gasteiger partial charge is 0.220 e. The lowest BCUT2D eigenvalue weighted by molar-refractivity contribution is -0.122. The van der Waals surface area contributed by atoms with Gasteiger partial charge in [-0.15, -0.1) is 12.4 Å². The molecule has 1 fully saturated rings. The molecule has 0 spiro atoms. The van der Waals surface area contributed by atoms with E-state index >= 15 is 0 Å². The van der Waals surface area contributed by atoms with Gasteiger partial charge in [0.05, 0.1) is 6.04 Å². The van der Waals surface area contributed by atoms with Crippen LogP contribution in [-0.4, -0.2) is 32.2 Å². The zero-order chi connectivity index (χ0) is 14.7. The van der Waals surface area contributed by atoms with E-state index in [2.05, 4.69) is 10.6 Å². The minimum Gasteiger partial charge on any atom is -0.486 e. The number of fused-ring (bicyclic) bond motifs is 1. The molecule has 2 aliphatic rings. The summed E-state index contributed by atoms with van der Waals surface area (Å²) in [6.45, 7) is 5.14. The molecule has 2 N–H and O–H groups in total. The highest BCUT2D eigenvalue weighted by Crippen LogP contribution is 2.32. The van der Waals surface area contributed by atoms with Gasteiger partial charge in [0.2, 0.25) is 5.91 Å². The Kier molecular flexibility index (Phi) is 5.91. The first-order chi connectivity index (χ1) is 10.2. The third kappa shape index (κ3) is 4.05. The van der Waals surface area contributed by atoms with Crippen molar-refractivity contribution >= 4 is 18.3 Å². The normalized spacial score (nSPS) is 20.9. The van der Waals surface area contributed by atoms with Crippen LogP contribution in [0.2, 0.25) is 0 Å². The molecule has 2 unspecified atom stereocenters. The molecule has 0 radical (unpaired) electrons. The molecule has 122 valence electrons. The van der Waals surface area contributed by atoms with E-state index < -0.39 is 0 Å². The van der Waals surface area contributed by atoms with Gasteiger partial charge in [0, 0.05) is 6.42 Å². The minimum absolute atomic E-state index is 0. The number of rotatable bonds is 4. The maximum absolute atomic E-state index is 12.1. The predicted octanol–water partition coefficient (Wildman–Crippen LogP) is 2.06. The van der Waals surface area contributed by atoms with Gasteiger partial charge in [-0.1, -0.05) is 6.07 Å². The Morgan fingerprint density at radius 3 is 2.86 bits per heavy atom. The molecule has 3 rings (SSSR count). The van der Waals surface area contributed by atoms with Crippen LogP contribution in [-0.2, 0) is 4.79 Å². The van der Waals surface area contributed by atoms with Crippen LogP contribution in [0.3, 0.4) is 0 Å². The van der Waals surface area contributed by atoms with Crippen LogP contribution in [0.4, 0.5) is 0 Å². The quantitative estimate of drug-likeness (QED) is 0.889. The molecule has 1 amide bonds. The number of carbonyl (C=O) groups is 1. The Labute approximate surface area is 137 Å². The molecule has 2 aliphatic heterocycles. The molecular weight excluding hydrogens is 304 g/mol. The van der Waals surface area contributed by atoms with Gasteiger partial charge in [0.15, 0.2) is 11.5 Å². The van der Waals surface area contributed by atoms with Crippen LogP contribution in [0, 0.1) is 5.92 Å². The van der Waals surface area contributed by atoms with Crippen molar-refractivity contribution in [3.05, 3.63) is 23.8 Å². The molecule has 0 aromatic heterocycles. The third-order valence-corrected chi connectivity index (χ3v) is 4.08. The fraction of sp³-hybridized carbons (Fsp3) is 0.562. The van der Waals surface area contributed by atoms with Gasteiger partial charge in [-0.3, -0.25) is 4.79 Å². The van der Waals surface area contributed by atoms with Gasteiger partial charge >= 0.3 is 0 Å². The Hall–Kier alpha value is -1.46. The van der Waals surface area contributed by atoms with E-state index in [1.54, 1.807) is 0 Å². The molecule has 6 heteroatoms. The van der Waals surface area contributed by atoms with Crippen LogP contribution in [0.15, 0.2) is 18.2 Å². The highest BCUT2D eigenvalue weighted by molar-refractivity contribution is 5.85. The lowest BCUT2D eigenvalue weighted by Gasteiger charge is -2.21. The number of nitrogens with one attached hydrogen (secondary N) is 2. The largest absolute Gasteiger partial charge is 0.486 e. The molecule has 0 bridgehead atoms. The Balaban J connectivity index is 0.00000176. The average Bonchev–Trinajstić information content (AvgIpc) is 2.99. The monoisotopic (exact) mass is 326 g/mol. The van der Waals surface area contributed by atoms with Gasteiger partial charge in [0.1, 0.15) is 13.2 Å². The Morgan fingerprint density at radius 2 is 2.14 bits per heavy atom. The summed E-state index contributed by atoms with van der Waals surface area (Å²) in [6, 6.07) is 5.82. The summed E-state index contributed by atoms with van der Waals surface area (Å²) in [5, 5.41) is 6.35. The van der Waals surface area contributed by atoms with E-state index in [9.17, 15) is 4.79 Å². The van der Waals surface area contributed by atoms with E-state index in [0.29, 0.717) is 25.6 Å². The summed E-state index contributed by atoms with van der Waals surface area (Å²) in [5.41, 5.74) is 1.04. The number of amides is 1. The fourth-order valence-corrected chi connectivity index (χ4v) is 2.86. The molecule has 5 nitrogen and oxygen atoms in total. The number of benzene rings is 1. The lowest BCUT2D eigenvalue weighted by atomic mass is 10.0. The van der Waals surface area contributed by atoms with E-state index in [-0.39, 0.29) is 24.4 Å².